The van der Waals surface area contributed by atoms with Crippen LogP contribution >= 0.6 is 0 Å². The number of hydrogen-bond donors (Lipinski definition) is 1. The van der Waals surface area contributed by atoms with E-state index in [4.69, 9.17) is 14.2 Å². The maximum atomic E-state index is 12.6. The first-order valence-electron chi connectivity index (χ1n) is 9.55. The van der Waals surface area contributed by atoms with E-state index in [1.54, 1.807) is 4.90 Å². The second-order valence-corrected chi connectivity index (χ2v) is 7.07. The number of carbonyl (C=O) groups is 2. The molecule has 1 N–H and O–H groups in total. The number of amides is 2. The summed E-state index contributed by atoms with van der Waals surface area (Å²) in [6.45, 7) is 4.55. The van der Waals surface area contributed by atoms with Crippen molar-refractivity contribution in [3.05, 3.63) is 23.8 Å². The second-order valence-electron chi connectivity index (χ2n) is 7.07. The molecule has 7 nitrogen and oxygen atoms in total. The fraction of sp³-hybridized carbons (Fsp3) is 0.600. The fourth-order valence-electron chi connectivity index (χ4n) is 3.47. The highest BCUT2D eigenvalue weighted by molar-refractivity contribution is 5.80. The molecule has 1 fully saturated rings. The zero-order valence-corrected chi connectivity index (χ0v) is 16.0. The lowest BCUT2D eigenvalue weighted by Crippen LogP contribution is -2.44. The van der Waals surface area contributed by atoms with Crippen LogP contribution in [0.15, 0.2) is 18.2 Å². The van der Waals surface area contributed by atoms with E-state index in [-0.39, 0.29) is 30.4 Å². The largest absolute Gasteiger partial charge is 0.490 e. The zero-order valence-electron chi connectivity index (χ0n) is 16.0. The summed E-state index contributed by atoms with van der Waals surface area (Å²) >= 11 is 0. The maximum absolute atomic E-state index is 12.6. The van der Waals surface area contributed by atoms with Crippen molar-refractivity contribution in [2.75, 3.05) is 40.0 Å². The molecule has 1 aromatic carbocycles. The number of nitrogens with zero attached hydrogens (tertiary/aromatic N) is 1. The molecule has 2 heterocycles. The molecule has 7 heteroatoms. The van der Waals surface area contributed by atoms with E-state index in [0.29, 0.717) is 39.1 Å². The third-order valence-corrected chi connectivity index (χ3v) is 5.12. The third-order valence-electron chi connectivity index (χ3n) is 5.12. The van der Waals surface area contributed by atoms with Gasteiger partial charge in [0.15, 0.2) is 11.5 Å². The number of benzene rings is 1. The molecular formula is C20H28N2O5. The Morgan fingerprint density at radius 2 is 1.93 bits per heavy atom. The summed E-state index contributed by atoms with van der Waals surface area (Å²) in [6.07, 6.45) is 2.21. The number of carbonyl (C=O) groups excluding carboxylic acids is 2. The van der Waals surface area contributed by atoms with Gasteiger partial charge >= 0.3 is 0 Å². The van der Waals surface area contributed by atoms with Crippen molar-refractivity contribution >= 4 is 11.8 Å². The lowest BCUT2D eigenvalue weighted by molar-refractivity contribution is -0.138. The molecule has 0 spiro atoms. The summed E-state index contributed by atoms with van der Waals surface area (Å²) in [4.78, 5) is 26.3. The lowest BCUT2D eigenvalue weighted by atomic mass is 9.95. The number of methoxy groups -OCH3 is 1. The molecule has 148 valence electrons. The first-order chi connectivity index (χ1) is 13.1. The monoisotopic (exact) mass is 376 g/mol. The SMILES string of the molecule is COCC(=O)N1CCC(C(=O)NC(C)c2ccc3c(c2)OCCCO3)CC1. The average Bonchev–Trinajstić information content (AvgIpc) is 2.93. The van der Waals surface area contributed by atoms with Gasteiger partial charge in [0.05, 0.1) is 19.3 Å². The van der Waals surface area contributed by atoms with Crippen molar-refractivity contribution in [1.82, 2.24) is 10.2 Å². The van der Waals surface area contributed by atoms with Gasteiger partial charge in [-0.3, -0.25) is 9.59 Å². The van der Waals surface area contributed by atoms with E-state index in [2.05, 4.69) is 5.32 Å². The number of nitrogens with one attached hydrogen (secondary N) is 1. The summed E-state index contributed by atoms with van der Waals surface area (Å²) < 4.78 is 16.3. The average molecular weight is 376 g/mol. The second kappa shape index (κ2) is 9.08. The van der Waals surface area contributed by atoms with Crippen molar-refractivity contribution in [3.8, 4) is 11.5 Å². The minimum Gasteiger partial charge on any atom is -0.490 e. The van der Waals surface area contributed by atoms with Crippen LogP contribution in [-0.4, -0.2) is 56.7 Å². The highest BCUT2D eigenvalue weighted by Crippen LogP contribution is 2.32. The molecule has 2 aliphatic heterocycles. The molecule has 1 saturated heterocycles. The van der Waals surface area contributed by atoms with Gasteiger partial charge in [-0.15, -0.1) is 0 Å². The lowest BCUT2D eigenvalue weighted by Gasteiger charge is -2.31. The van der Waals surface area contributed by atoms with E-state index >= 15 is 0 Å². The maximum Gasteiger partial charge on any atom is 0.248 e. The smallest absolute Gasteiger partial charge is 0.248 e. The quantitative estimate of drug-likeness (QED) is 0.849. The molecular weight excluding hydrogens is 348 g/mol. The van der Waals surface area contributed by atoms with E-state index in [9.17, 15) is 9.59 Å². The molecule has 2 amide bonds. The van der Waals surface area contributed by atoms with Gasteiger partial charge in [0.2, 0.25) is 11.8 Å². The van der Waals surface area contributed by atoms with Crippen molar-refractivity contribution in [2.45, 2.75) is 32.2 Å². The summed E-state index contributed by atoms with van der Waals surface area (Å²) in [5.74, 6) is 1.43. The molecule has 1 aromatic rings. The summed E-state index contributed by atoms with van der Waals surface area (Å²) in [7, 11) is 1.51. The van der Waals surface area contributed by atoms with Crippen LogP contribution in [0.1, 0.15) is 37.8 Å². The van der Waals surface area contributed by atoms with Gasteiger partial charge in [-0.25, -0.2) is 0 Å². The Bertz CT molecular complexity index is 670. The highest BCUT2D eigenvalue weighted by Gasteiger charge is 2.28. The van der Waals surface area contributed by atoms with Gasteiger partial charge in [-0.1, -0.05) is 6.07 Å². The van der Waals surface area contributed by atoms with Gasteiger partial charge in [-0.05, 0) is 37.5 Å². The standard InChI is InChI=1S/C20H28N2O5/c1-14(16-4-5-17-18(12-16)27-11-3-10-26-17)21-20(24)15-6-8-22(9-7-15)19(23)13-25-2/h4-5,12,14-15H,3,6-11,13H2,1-2H3,(H,21,24). The van der Waals surface area contributed by atoms with Crippen LogP contribution in [-0.2, 0) is 14.3 Å². The highest BCUT2D eigenvalue weighted by atomic mass is 16.5. The molecule has 2 aliphatic rings. The van der Waals surface area contributed by atoms with E-state index in [1.165, 1.54) is 7.11 Å². The van der Waals surface area contributed by atoms with Gasteiger partial charge in [0.1, 0.15) is 6.61 Å². The van der Waals surface area contributed by atoms with E-state index in [0.717, 1.165) is 23.5 Å². The van der Waals surface area contributed by atoms with Crippen molar-refractivity contribution in [3.63, 3.8) is 0 Å². The fourth-order valence-corrected chi connectivity index (χ4v) is 3.47. The van der Waals surface area contributed by atoms with Crippen molar-refractivity contribution in [2.24, 2.45) is 5.92 Å². The van der Waals surface area contributed by atoms with E-state index in [1.807, 2.05) is 25.1 Å². The van der Waals surface area contributed by atoms with Gasteiger partial charge in [0, 0.05) is 32.5 Å². The number of fused-ring (bicyclic) bond motifs is 1. The third kappa shape index (κ3) is 4.91. The predicted octanol–water partition coefficient (Wildman–Crippen LogP) is 1.91. The normalized spacial score (nSPS) is 18.5. The molecule has 0 saturated carbocycles. The van der Waals surface area contributed by atoms with Crippen LogP contribution < -0.4 is 14.8 Å². The summed E-state index contributed by atoms with van der Waals surface area (Å²) in [5, 5.41) is 3.09. The number of likely N-dealkylation sites (tertiary alicyclic amines) is 1. The van der Waals surface area contributed by atoms with Gasteiger partial charge in [-0.2, -0.15) is 0 Å². The molecule has 0 radical (unpaired) electrons. The van der Waals surface area contributed by atoms with Gasteiger partial charge < -0.3 is 24.4 Å². The van der Waals surface area contributed by atoms with E-state index < -0.39 is 0 Å². The Labute approximate surface area is 160 Å². The first kappa shape index (κ1) is 19.5. The number of piperidine rings is 1. The molecule has 0 bridgehead atoms. The summed E-state index contributed by atoms with van der Waals surface area (Å²) in [5.41, 5.74) is 0.986. The summed E-state index contributed by atoms with van der Waals surface area (Å²) in [6, 6.07) is 5.68. The Kier molecular flexibility index (Phi) is 6.55. The van der Waals surface area contributed by atoms with Crippen LogP contribution in [0.3, 0.4) is 0 Å². The zero-order chi connectivity index (χ0) is 19.2. The predicted molar refractivity (Wildman–Crippen MR) is 99.8 cm³/mol. The molecule has 0 aliphatic carbocycles. The number of ether oxygens (including phenoxy) is 3. The van der Waals surface area contributed by atoms with Crippen LogP contribution in [0.5, 0.6) is 11.5 Å². The van der Waals surface area contributed by atoms with Crippen LogP contribution in [0.2, 0.25) is 0 Å². The topological polar surface area (TPSA) is 77.1 Å². The van der Waals surface area contributed by atoms with Crippen LogP contribution in [0.4, 0.5) is 0 Å². The molecule has 3 rings (SSSR count). The van der Waals surface area contributed by atoms with Crippen molar-refractivity contribution < 1.29 is 23.8 Å². The Morgan fingerprint density at radius 3 is 2.63 bits per heavy atom. The molecule has 0 aromatic heterocycles. The van der Waals surface area contributed by atoms with Crippen LogP contribution in [0, 0.1) is 5.92 Å². The number of rotatable bonds is 5. The minimum atomic E-state index is -0.122. The first-order valence-corrected chi connectivity index (χ1v) is 9.55. The Balaban J connectivity index is 1.54. The molecule has 1 unspecified atom stereocenters. The van der Waals surface area contributed by atoms with Gasteiger partial charge in [0.25, 0.3) is 0 Å². The Morgan fingerprint density at radius 1 is 1.22 bits per heavy atom. The molecule has 27 heavy (non-hydrogen) atoms. The Hall–Kier alpha value is -2.28. The molecule has 1 atom stereocenters. The van der Waals surface area contributed by atoms with Crippen molar-refractivity contribution in [1.29, 1.82) is 0 Å². The van der Waals surface area contributed by atoms with Crippen LogP contribution in [0.25, 0.3) is 0 Å². The number of hydrogen-bond acceptors (Lipinski definition) is 5. The minimum absolute atomic E-state index is 0.0167.